The zero-order chi connectivity index (χ0) is 23.4. The summed E-state index contributed by atoms with van der Waals surface area (Å²) < 4.78 is 21.3. The number of anilines is 1. The third-order valence-electron chi connectivity index (χ3n) is 5.58. The molecule has 0 radical (unpaired) electrons. The number of nitrogens with zero attached hydrogens (tertiary/aromatic N) is 5. The first-order valence-corrected chi connectivity index (χ1v) is 10.7. The number of piperazine rings is 1. The molecular formula is C23H27N5O5. The Bertz CT molecular complexity index is 1080. The molecule has 1 fully saturated rings. The van der Waals surface area contributed by atoms with Gasteiger partial charge in [-0.25, -0.2) is 4.98 Å². The third-order valence-corrected chi connectivity index (χ3v) is 5.58. The van der Waals surface area contributed by atoms with Crippen molar-refractivity contribution < 1.29 is 23.5 Å². The zero-order valence-electron chi connectivity index (χ0n) is 19.2. The van der Waals surface area contributed by atoms with Crippen molar-refractivity contribution in [3.8, 4) is 28.6 Å². The van der Waals surface area contributed by atoms with Crippen molar-refractivity contribution in [3.63, 3.8) is 0 Å². The highest BCUT2D eigenvalue weighted by Gasteiger charge is 2.25. The Morgan fingerprint density at radius 3 is 2.24 bits per heavy atom. The number of benzene rings is 1. The van der Waals surface area contributed by atoms with Crippen LogP contribution in [0, 0.1) is 0 Å². The van der Waals surface area contributed by atoms with Gasteiger partial charge in [-0.05, 0) is 24.3 Å². The van der Waals surface area contributed by atoms with Gasteiger partial charge >= 0.3 is 0 Å². The minimum Gasteiger partial charge on any atom is -0.493 e. The number of pyridine rings is 1. The molecule has 33 heavy (non-hydrogen) atoms. The molecule has 0 aliphatic carbocycles. The number of hydrogen-bond donors (Lipinski definition) is 0. The lowest BCUT2D eigenvalue weighted by Crippen LogP contribution is -2.49. The quantitative estimate of drug-likeness (QED) is 0.534. The van der Waals surface area contributed by atoms with E-state index in [4.69, 9.17) is 18.7 Å². The molecule has 3 aromatic rings. The van der Waals surface area contributed by atoms with Crippen molar-refractivity contribution in [2.75, 3.05) is 52.4 Å². The number of rotatable bonds is 7. The van der Waals surface area contributed by atoms with Crippen LogP contribution in [-0.4, -0.2) is 73.4 Å². The lowest BCUT2D eigenvalue weighted by molar-refractivity contribution is 0.0745. The van der Waals surface area contributed by atoms with E-state index >= 15 is 0 Å². The highest BCUT2D eigenvalue weighted by molar-refractivity contribution is 5.95. The van der Waals surface area contributed by atoms with E-state index in [2.05, 4.69) is 20.0 Å². The normalized spacial score (nSPS) is 13.7. The van der Waals surface area contributed by atoms with Gasteiger partial charge in [0.2, 0.25) is 17.5 Å². The maximum atomic E-state index is 13.1. The molecular weight excluding hydrogens is 426 g/mol. The SMILES string of the molecule is CCc1nc(-c2ccc(N3CCN(C(=O)c4cc(OC)c(OC)c(OC)c4)CC3)nc2)no1. The number of amides is 1. The summed E-state index contributed by atoms with van der Waals surface area (Å²) in [7, 11) is 4.60. The molecule has 1 amide bonds. The molecule has 2 aromatic heterocycles. The van der Waals surface area contributed by atoms with E-state index in [1.165, 1.54) is 21.3 Å². The number of carbonyl (C=O) groups excluding carboxylic acids is 1. The second kappa shape index (κ2) is 9.76. The largest absolute Gasteiger partial charge is 0.493 e. The lowest BCUT2D eigenvalue weighted by atomic mass is 10.1. The van der Waals surface area contributed by atoms with Gasteiger partial charge in [-0.3, -0.25) is 4.79 Å². The van der Waals surface area contributed by atoms with Crippen LogP contribution >= 0.6 is 0 Å². The molecule has 1 saturated heterocycles. The standard InChI is InChI=1S/C23H27N5O5/c1-5-20-25-22(26-33-20)15-6-7-19(24-14-15)27-8-10-28(11-9-27)23(29)16-12-17(30-2)21(32-4)18(13-16)31-3/h6-7,12-14H,5,8-11H2,1-4H3. The van der Waals surface area contributed by atoms with Crippen molar-refractivity contribution in [1.29, 1.82) is 0 Å². The Labute approximate surface area is 192 Å². The molecule has 4 rings (SSSR count). The summed E-state index contributed by atoms with van der Waals surface area (Å²) >= 11 is 0. The Hall–Kier alpha value is -3.82. The molecule has 0 bridgehead atoms. The van der Waals surface area contributed by atoms with Gasteiger partial charge in [-0.15, -0.1) is 0 Å². The first-order valence-electron chi connectivity index (χ1n) is 10.7. The van der Waals surface area contributed by atoms with E-state index in [-0.39, 0.29) is 5.91 Å². The molecule has 1 aliphatic heterocycles. The van der Waals surface area contributed by atoms with E-state index in [0.29, 0.717) is 67.1 Å². The highest BCUT2D eigenvalue weighted by Crippen LogP contribution is 2.38. The van der Waals surface area contributed by atoms with Crippen LogP contribution in [0.15, 0.2) is 35.0 Å². The zero-order valence-corrected chi connectivity index (χ0v) is 19.2. The minimum absolute atomic E-state index is 0.0824. The average molecular weight is 453 g/mol. The fraction of sp³-hybridized carbons (Fsp3) is 0.391. The van der Waals surface area contributed by atoms with Gasteiger partial charge in [-0.2, -0.15) is 4.98 Å². The topological polar surface area (TPSA) is 103 Å². The van der Waals surface area contributed by atoms with Gasteiger partial charge in [0.05, 0.1) is 21.3 Å². The second-order valence-electron chi connectivity index (χ2n) is 7.46. The number of aromatic nitrogens is 3. The van der Waals surface area contributed by atoms with Crippen LogP contribution in [0.2, 0.25) is 0 Å². The summed E-state index contributed by atoms with van der Waals surface area (Å²) in [5.41, 5.74) is 1.30. The molecule has 0 spiro atoms. The Kier molecular flexibility index (Phi) is 6.62. The number of aryl methyl sites for hydroxylation is 1. The molecule has 10 heteroatoms. The Morgan fingerprint density at radius 1 is 1.03 bits per heavy atom. The van der Waals surface area contributed by atoms with Crippen LogP contribution in [0.3, 0.4) is 0 Å². The van der Waals surface area contributed by atoms with Gasteiger partial charge < -0.3 is 28.5 Å². The molecule has 0 atom stereocenters. The third kappa shape index (κ3) is 4.55. The summed E-state index contributed by atoms with van der Waals surface area (Å²) in [5, 5.41) is 3.98. The molecule has 174 valence electrons. The van der Waals surface area contributed by atoms with Gasteiger partial charge in [0, 0.05) is 49.9 Å². The number of hydrogen-bond acceptors (Lipinski definition) is 9. The summed E-state index contributed by atoms with van der Waals surface area (Å²) in [6.07, 6.45) is 2.44. The minimum atomic E-state index is -0.0824. The van der Waals surface area contributed by atoms with E-state index in [1.54, 1.807) is 18.3 Å². The van der Waals surface area contributed by atoms with Gasteiger partial charge in [-0.1, -0.05) is 12.1 Å². The van der Waals surface area contributed by atoms with Gasteiger partial charge in [0.25, 0.3) is 5.91 Å². The van der Waals surface area contributed by atoms with E-state index in [0.717, 1.165) is 11.4 Å². The molecule has 0 unspecified atom stereocenters. The van der Waals surface area contributed by atoms with Crippen molar-refractivity contribution in [3.05, 3.63) is 41.9 Å². The summed E-state index contributed by atoms with van der Waals surface area (Å²) in [6.45, 7) is 4.45. The summed E-state index contributed by atoms with van der Waals surface area (Å²) in [4.78, 5) is 26.0. The highest BCUT2D eigenvalue weighted by atomic mass is 16.5. The Morgan fingerprint density at radius 2 is 1.73 bits per heavy atom. The Balaban J connectivity index is 1.42. The fourth-order valence-electron chi connectivity index (χ4n) is 3.75. The van der Waals surface area contributed by atoms with Crippen molar-refractivity contribution in [1.82, 2.24) is 20.0 Å². The van der Waals surface area contributed by atoms with Crippen LogP contribution in [0.25, 0.3) is 11.4 Å². The van der Waals surface area contributed by atoms with E-state index in [1.807, 2.05) is 24.0 Å². The van der Waals surface area contributed by atoms with Crippen LogP contribution in [0.4, 0.5) is 5.82 Å². The maximum absolute atomic E-state index is 13.1. The van der Waals surface area contributed by atoms with Gasteiger partial charge in [0.15, 0.2) is 11.5 Å². The first-order chi connectivity index (χ1) is 16.1. The second-order valence-corrected chi connectivity index (χ2v) is 7.46. The monoisotopic (exact) mass is 453 g/mol. The predicted octanol–water partition coefficient (Wildman–Crippen LogP) is 2.68. The van der Waals surface area contributed by atoms with Crippen molar-refractivity contribution in [2.45, 2.75) is 13.3 Å². The van der Waals surface area contributed by atoms with Crippen LogP contribution < -0.4 is 19.1 Å². The van der Waals surface area contributed by atoms with E-state index in [9.17, 15) is 4.79 Å². The average Bonchev–Trinajstić information content (AvgIpc) is 3.37. The molecule has 0 saturated carbocycles. The van der Waals surface area contributed by atoms with Crippen LogP contribution in [-0.2, 0) is 6.42 Å². The molecule has 1 aromatic carbocycles. The van der Waals surface area contributed by atoms with Crippen molar-refractivity contribution >= 4 is 11.7 Å². The number of carbonyl (C=O) groups is 1. The molecule has 1 aliphatic rings. The predicted molar refractivity (Wildman–Crippen MR) is 121 cm³/mol. The lowest BCUT2D eigenvalue weighted by Gasteiger charge is -2.35. The van der Waals surface area contributed by atoms with Crippen LogP contribution in [0.1, 0.15) is 23.2 Å². The van der Waals surface area contributed by atoms with Crippen molar-refractivity contribution in [2.24, 2.45) is 0 Å². The van der Waals surface area contributed by atoms with Crippen LogP contribution in [0.5, 0.6) is 17.2 Å². The van der Waals surface area contributed by atoms with Gasteiger partial charge in [0.1, 0.15) is 5.82 Å². The summed E-state index contributed by atoms with van der Waals surface area (Å²) in [5.74, 6) is 3.27. The smallest absolute Gasteiger partial charge is 0.254 e. The molecule has 10 nitrogen and oxygen atoms in total. The number of methoxy groups -OCH3 is 3. The number of ether oxygens (including phenoxy) is 3. The molecule has 3 heterocycles. The first kappa shape index (κ1) is 22.4. The molecule has 0 N–H and O–H groups in total. The fourth-order valence-corrected chi connectivity index (χ4v) is 3.75. The summed E-state index contributed by atoms with van der Waals surface area (Å²) in [6, 6.07) is 7.23. The maximum Gasteiger partial charge on any atom is 0.254 e. The van der Waals surface area contributed by atoms with E-state index < -0.39 is 0 Å².